The van der Waals surface area contributed by atoms with Gasteiger partial charge in [0.1, 0.15) is 5.75 Å². The number of carbonyl (C=O) groups excluding carboxylic acids is 3. The van der Waals surface area contributed by atoms with Crippen LogP contribution in [0.1, 0.15) is 42.1 Å². The molecule has 9 nitrogen and oxygen atoms in total. The first-order valence-electron chi connectivity index (χ1n) is 15.7. The molecule has 1 saturated heterocycles. The fourth-order valence-corrected chi connectivity index (χ4v) is 6.78. The molecule has 1 fully saturated rings. The molecule has 0 aromatic heterocycles. The maximum atomic E-state index is 15.3. The average molecular weight is 674 g/mol. The molecule has 2 aliphatic rings. The van der Waals surface area contributed by atoms with Gasteiger partial charge in [-0.1, -0.05) is 60.7 Å². The van der Waals surface area contributed by atoms with Crippen molar-refractivity contribution >= 4 is 29.2 Å². The second-order valence-electron chi connectivity index (χ2n) is 11.6. The van der Waals surface area contributed by atoms with Gasteiger partial charge < -0.3 is 24.0 Å². The minimum absolute atomic E-state index is 0.0806. The van der Waals surface area contributed by atoms with Crippen molar-refractivity contribution in [1.82, 2.24) is 5.32 Å². The number of amides is 1. The summed E-state index contributed by atoms with van der Waals surface area (Å²) < 4.78 is 59.1. The van der Waals surface area contributed by atoms with Gasteiger partial charge in [0.2, 0.25) is 11.2 Å². The average Bonchev–Trinajstić information content (AvgIpc) is 3.56. The highest BCUT2D eigenvalue weighted by Gasteiger charge is 2.74. The minimum Gasteiger partial charge on any atom is -0.497 e. The molecule has 49 heavy (non-hydrogen) atoms. The molecule has 1 spiro atoms. The zero-order valence-corrected chi connectivity index (χ0v) is 27.0. The number of carbonyl (C=O) groups is 3. The predicted molar refractivity (Wildman–Crippen MR) is 175 cm³/mol. The molecule has 4 aromatic rings. The number of fused-ring (bicyclic) bond motifs is 2. The molecule has 1 amide bonds. The standard InChI is InChI=1S/C37H34F3N3O6/c1-4-48-33(45)35(34(46)49-5-2)31(25-14-11-15-26(22-25)37(38,39)40)43(27-18-20-28(47-3)21-19-27)36(41-35)29-16-9-10-17-30(29)42(32(36)44)23-24-12-7-6-8-13-24/h6-22,31,41H,4-5,23H2,1-3H3/t31-,36-/m0/s1. The third kappa shape index (κ3) is 5.45. The zero-order chi connectivity index (χ0) is 35.0. The molecule has 2 atom stereocenters. The van der Waals surface area contributed by atoms with Gasteiger partial charge in [-0.3, -0.25) is 10.1 Å². The van der Waals surface area contributed by atoms with Crippen molar-refractivity contribution in [1.29, 1.82) is 0 Å². The number of rotatable bonds is 9. The summed E-state index contributed by atoms with van der Waals surface area (Å²) in [6, 6.07) is 25.4. The summed E-state index contributed by atoms with van der Waals surface area (Å²) in [5.41, 5.74) is -3.67. The molecule has 12 heteroatoms. The van der Waals surface area contributed by atoms with Gasteiger partial charge >= 0.3 is 18.1 Å². The van der Waals surface area contributed by atoms with Gasteiger partial charge in [0.05, 0.1) is 44.2 Å². The Hall–Kier alpha value is -5.36. The maximum Gasteiger partial charge on any atom is 0.416 e. The molecule has 4 aromatic carbocycles. The molecule has 0 aliphatic carbocycles. The van der Waals surface area contributed by atoms with Crippen LogP contribution < -0.4 is 19.9 Å². The lowest BCUT2D eigenvalue weighted by molar-refractivity contribution is -0.166. The third-order valence-corrected chi connectivity index (χ3v) is 8.81. The number of ether oxygens (including phenoxy) is 3. The van der Waals surface area contributed by atoms with E-state index in [2.05, 4.69) is 5.32 Å². The van der Waals surface area contributed by atoms with Crippen molar-refractivity contribution in [2.45, 2.75) is 43.8 Å². The van der Waals surface area contributed by atoms with E-state index in [-0.39, 0.29) is 25.3 Å². The van der Waals surface area contributed by atoms with E-state index >= 15 is 4.79 Å². The Labute approximate surface area is 281 Å². The van der Waals surface area contributed by atoms with E-state index in [9.17, 15) is 22.8 Å². The molecule has 0 unspecified atom stereocenters. The van der Waals surface area contributed by atoms with Gasteiger partial charge in [0, 0.05) is 11.3 Å². The maximum absolute atomic E-state index is 15.3. The number of hydrogen-bond donors (Lipinski definition) is 1. The molecule has 6 rings (SSSR count). The quantitative estimate of drug-likeness (QED) is 0.168. The lowest BCUT2D eigenvalue weighted by atomic mass is 9.84. The van der Waals surface area contributed by atoms with Crippen LogP contribution in [0.5, 0.6) is 5.75 Å². The van der Waals surface area contributed by atoms with Crippen LogP contribution in [0.25, 0.3) is 0 Å². The van der Waals surface area contributed by atoms with Crippen molar-refractivity contribution in [2.24, 2.45) is 0 Å². The van der Waals surface area contributed by atoms with E-state index in [4.69, 9.17) is 14.2 Å². The van der Waals surface area contributed by atoms with Gasteiger partial charge in [-0.15, -0.1) is 0 Å². The Balaban J connectivity index is 1.71. The van der Waals surface area contributed by atoms with E-state index in [0.29, 0.717) is 22.7 Å². The number of hydrogen-bond acceptors (Lipinski definition) is 8. The van der Waals surface area contributed by atoms with Crippen LogP contribution in [-0.2, 0) is 42.2 Å². The molecular weight excluding hydrogens is 639 g/mol. The molecule has 1 N–H and O–H groups in total. The summed E-state index contributed by atoms with van der Waals surface area (Å²) in [4.78, 5) is 47.1. The predicted octanol–water partition coefficient (Wildman–Crippen LogP) is 6.13. The van der Waals surface area contributed by atoms with E-state index in [1.807, 2.05) is 30.3 Å². The Morgan fingerprint density at radius 2 is 1.47 bits per heavy atom. The smallest absolute Gasteiger partial charge is 0.416 e. The molecule has 0 radical (unpaired) electrons. The summed E-state index contributed by atoms with van der Waals surface area (Å²) >= 11 is 0. The summed E-state index contributed by atoms with van der Waals surface area (Å²) in [6.45, 7) is 2.87. The lowest BCUT2D eigenvalue weighted by Gasteiger charge is -2.39. The first-order valence-corrected chi connectivity index (χ1v) is 15.7. The Bertz CT molecular complexity index is 1850. The van der Waals surface area contributed by atoms with Crippen LogP contribution in [0, 0.1) is 0 Å². The van der Waals surface area contributed by atoms with Crippen LogP contribution in [0.15, 0.2) is 103 Å². The number of methoxy groups -OCH3 is 1. The largest absolute Gasteiger partial charge is 0.497 e. The first-order chi connectivity index (χ1) is 23.5. The fraction of sp³-hybridized carbons (Fsp3) is 0.270. The molecule has 0 bridgehead atoms. The Kier molecular flexibility index (Phi) is 8.84. The summed E-state index contributed by atoms with van der Waals surface area (Å²) in [5.74, 6) is -2.33. The molecule has 254 valence electrons. The second-order valence-corrected chi connectivity index (χ2v) is 11.6. The Morgan fingerprint density at radius 1 is 0.837 bits per heavy atom. The highest BCUT2D eigenvalue weighted by atomic mass is 19.4. The summed E-state index contributed by atoms with van der Waals surface area (Å²) in [6.07, 6.45) is -4.76. The van der Waals surface area contributed by atoms with Crippen LogP contribution >= 0.6 is 0 Å². The molecule has 0 saturated carbocycles. The van der Waals surface area contributed by atoms with Crippen LogP contribution in [0.3, 0.4) is 0 Å². The fourth-order valence-electron chi connectivity index (χ4n) is 6.78. The Morgan fingerprint density at radius 3 is 2.08 bits per heavy atom. The number of nitrogens with zero attached hydrogens (tertiary/aromatic N) is 2. The van der Waals surface area contributed by atoms with E-state index in [0.717, 1.165) is 17.7 Å². The highest BCUT2D eigenvalue weighted by Crippen LogP contribution is 2.57. The van der Waals surface area contributed by atoms with Crippen molar-refractivity contribution < 1.29 is 41.8 Å². The highest BCUT2D eigenvalue weighted by molar-refractivity contribution is 6.15. The van der Waals surface area contributed by atoms with E-state index < -0.39 is 46.8 Å². The summed E-state index contributed by atoms with van der Waals surface area (Å²) in [5, 5.41) is 3.13. The molecule has 2 heterocycles. The number of benzene rings is 4. The van der Waals surface area contributed by atoms with Crippen molar-refractivity contribution in [3.05, 3.63) is 125 Å². The zero-order valence-electron chi connectivity index (χ0n) is 27.0. The number of para-hydroxylation sites is 1. The number of halogens is 3. The first kappa shape index (κ1) is 33.5. The lowest BCUT2D eigenvalue weighted by Crippen LogP contribution is -2.64. The van der Waals surface area contributed by atoms with Crippen molar-refractivity contribution in [3.63, 3.8) is 0 Å². The minimum atomic E-state index is -4.76. The monoisotopic (exact) mass is 673 g/mol. The molecular formula is C37H34F3N3O6. The van der Waals surface area contributed by atoms with E-state index in [1.165, 1.54) is 29.0 Å². The number of alkyl halides is 3. The number of nitrogens with one attached hydrogen (secondary N) is 1. The number of esters is 2. The van der Waals surface area contributed by atoms with Crippen molar-refractivity contribution in [3.8, 4) is 5.75 Å². The SMILES string of the molecule is CCOC(=O)C1(C(=O)OCC)N[C@]2(C(=O)N(Cc3ccccc3)c3ccccc32)N(c2ccc(OC)cc2)[C@H]1c1cccc(C(F)(F)F)c1. The van der Waals surface area contributed by atoms with E-state index in [1.54, 1.807) is 62.4 Å². The second kappa shape index (κ2) is 12.9. The van der Waals surface area contributed by atoms with Crippen molar-refractivity contribution in [2.75, 3.05) is 30.1 Å². The van der Waals surface area contributed by atoms with Crippen LogP contribution in [0.2, 0.25) is 0 Å². The van der Waals surface area contributed by atoms with Gasteiger partial charge in [0.25, 0.3) is 5.91 Å². The van der Waals surface area contributed by atoms with Gasteiger partial charge in [-0.25, -0.2) is 9.59 Å². The van der Waals surface area contributed by atoms with Gasteiger partial charge in [-0.2, -0.15) is 13.2 Å². The van der Waals surface area contributed by atoms with Gasteiger partial charge in [-0.05, 0) is 67.4 Å². The van der Waals surface area contributed by atoms with Crippen LogP contribution in [0.4, 0.5) is 24.5 Å². The summed E-state index contributed by atoms with van der Waals surface area (Å²) in [7, 11) is 1.48. The normalized spacial score (nSPS) is 19.6. The number of anilines is 2. The molecule has 2 aliphatic heterocycles. The van der Waals surface area contributed by atoms with Crippen LogP contribution in [-0.4, -0.2) is 43.7 Å². The topological polar surface area (TPSA) is 97.4 Å². The van der Waals surface area contributed by atoms with Gasteiger partial charge in [0.15, 0.2) is 0 Å². The third-order valence-electron chi connectivity index (χ3n) is 8.81.